The van der Waals surface area contributed by atoms with Crippen LogP contribution in [0.4, 0.5) is 11.4 Å². The quantitative estimate of drug-likeness (QED) is 0.769. The molecule has 0 amide bonds. The number of halogens is 1. The Morgan fingerprint density at radius 2 is 1.95 bits per heavy atom. The molecule has 3 N–H and O–H groups in total. The summed E-state index contributed by atoms with van der Waals surface area (Å²) in [6.45, 7) is 6.08. The van der Waals surface area contributed by atoms with Gasteiger partial charge in [0.05, 0.1) is 16.5 Å². The number of benzene rings is 1. The van der Waals surface area contributed by atoms with Gasteiger partial charge in [-0.1, -0.05) is 11.6 Å². The molecule has 1 aromatic heterocycles. The zero-order valence-electron chi connectivity index (χ0n) is 11.8. The highest BCUT2D eigenvalue weighted by Crippen LogP contribution is 2.31. The zero-order valence-corrected chi connectivity index (χ0v) is 13.4. The lowest BCUT2D eigenvalue weighted by Gasteiger charge is -2.16. The van der Waals surface area contributed by atoms with Crippen molar-refractivity contribution >= 4 is 34.3 Å². The second kappa shape index (κ2) is 6.37. The monoisotopic (exact) mass is 310 g/mol. The summed E-state index contributed by atoms with van der Waals surface area (Å²) in [6, 6.07) is 9.80. The summed E-state index contributed by atoms with van der Waals surface area (Å²) in [4.78, 5) is 1.18. The van der Waals surface area contributed by atoms with Crippen LogP contribution in [0.5, 0.6) is 5.75 Å². The van der Waals surface area contributed by atoms with Gasteiger partial charge >= 0.3 is 0 Å². The van der Waals surface area contributed by atoms with Gasteiger partial charge in [-0.15, -0.1) is 11.3 Å². The Hall–Kier alpha value is -1.39. The number of thiophene rings is 1. The smallest absolute Gasteiger partial charge is 0.123 e. The van der Waals surface area contributed by atoms with Crippen LogP contribution in [0.1, 0.15) is 31.7 Å². The number of anilines is 2. The Morgan fingerprint density at radius 3 is 2.55 bits per heavy atom. The van der Waals surface area contributed by atoms with Crippen molar-refractivity contribution in [2.24, 2.45) is 0 Å². The summed E-state index contributed by atoms with van der Waals surface area (Å²) in [5.41, 5.74) is 7.54. The fourth-order valence-electron chi connectivity index (χ4n) is 1.93. The van der Waals surface area contributed by atoms with Gasteiger partial charge in [-0.05, 0) is 39.0 Å². The third-order valence-corrected chi connectivity index (χ3v) is 4.12. The van der Waals surface area contributed by atoms with Crippen LogP contribution in [0.15, 0.2) is 30.3 Å². The number of nitrogen functional groups attached to an aromatic ring is 1. The molecule has 1 heterocycles. The van der Waals surface area contributed by atoms with Crippen LogP contribution in [0.3, 0.4) is 0 Å². The first-order chi connectivity index (χ1) is 9.44. The van der Waals surface area contributed by atoms with E-state index >= 15 is 0 Å². The summed E-state index contributed by atoms with van der Waals surface area (Å²) in [5.74, 6) is 0.777. The van der Waals surface area contributed by atoms with Crippen LogP contribution in [0.25, 0.3) is 0 Å². The molecule has 0 saturated carbocycles. The topological polar surface area (TPSA) is 47.3 Å². The second-order valence-corrected chi connectivity index (χ2v) is 6.71. The van der Waals surface area contributed by atoms with Gasteiger partial charge in [0.2, 0.25) is 0 Å². The number of nitrogens with two attached hydrogens (primary N) is 1. The maximum absolute atomic E-state index is 5.97. The first kappa shape index (κ1) is 15.0. The van der Waals surface area contributed by atoms with Gasteiger partial charge < -0.3 is 15.8 Å². The largest absolute Gasteiger partial charge is 0.491 e. The Morgan fingerprint density at radius 1 is 1.20 bits per heavy atom. The van der Waals surface area contributed by atoms with E-state index in [1.54, 1.807) is 11.3 Å². The highest BCUT2D eigenvalue weighted by molar-refractivity contribution is 7.16. The first-order valence-corrected chi connectivity index (χ1v) is 7.72. The zero-order chi connectivity index (χ0) is 14.7. The molecule has 0 aliphatic heterocycles. The van der Waals surface area contributed by atoms with Crippen LogP contribution >= 0.6 is 22.9 Å². The fourth-order valence-corrected chi connectivity index (χ4v) is 2.99. The minimum Gasteiger partial charge on any atom is -0.491 e. The molecule has 20 heavy (non-hydrogen) atoms. The van der Waals surface area contributed by atoms with E-state index in [-0.39, 0.29) is 12.1 Å². The molecule has 108 valence electrons. The van der Waals surface area contributed by atoms with Crippen molar-refractivity contribution in [1.29, 1.82) is 0 Å². The van der Waals surface area contributed by atoms with Crippen molar-refractivity contribution in [2.75, 3.05) is 11.1 Å². The van der Waals surface area contributed by atoms with Crippen molar-refractivity contribution in [3.8, 4) is 5.75 Å². The van der Waals surface area contributed by atoms with Gasteiger partial charge in [0.15, 0.2) is 0 Å². The number of hydrogen-bond donors (Lipinski definition) is 2. The number of nitrogens with one attached hydrogen (secondary N) is 1. The maximum Gasteiger partial charge on any atom is 0.123 e. The minimum absolute atomic E-state index is 0.123. The molecule has 2 rings (SSSR count). The maximum atomic E-state index is 5.97. The molecule has 0 fully saturated rings. The fraction of sp³-hybridized carbons (Fsp3) is 0.333. The normalized spacial score (nSPS) is 12.4. The van der Waals surface area contributed by atoms with Crippen molar-refractivity contribution in [2.45, 2.75) is 32.9 Å². The van der Waals surface area contributed by atoms with Gasteiger partial charge in [-0.25, -0.2) is 0 Å². The summed E-state index contributed by atoms with van der Waals surface area (Å²) in [6.07, 6.45) is 0.123. The van der Waals surface area contributed by atoms with Crippen molar-refractivity contribution in [3.05, 3.63) is 39.5 Å². The molecule has 0 spiro atoms. The highest BCUT2D eigenvalue weighted by atomic mass is 35.5. The second-order valence-electron chi connectivity index (χ2n) is 4.97. The lowest BCUT2D eigenvalue weighted by molar-refractivity contribution is 0.242. The van der Waals surface area contributed by atoms with E-state index in [4.69, 9.17) is 22.1 Å². The van der Waals surface area contributed by atoms with Crippen LogP contribution in [-0.2, 0) is 0 Å². The number of ether oxygens (including phenoxy) is 1. The lowest BCUT2D eigenvalue weighted by Crippen LogP contribution is -2.08. The molecule has 0 saturated heterocycles. The first-order valence-electron chi connectivity index (χ1n) is 6.53. The summed E-state index contributed by atoms with van der Waals surface area (Å²) < 4.78 is 6.48. The van der Waals surface area contributed by atoms with E-state index in [1.165, 1.54) is 4.88 Å². The molecule has 1 atom stereocenters. The van der Waals surface area contributed by atoms with Gasteiger partial charge in [-0.3, -0.25) is 0 Å². The third kappa shape index (κ3) is 4.05. The van der Waals surface area contributed by atoms with Gasteiger partial charge in [0, 0.05) is 28.4 Å². The Labute approximate surface area is 128 Å². The van der Waals surface area contributed by atoms with Gasteiger partial charge in [0.1, 0.15) is 5.75 Å². The predicted molar refractivity (Wildman–Crippen MR) is 88.0 cm³/mol. The van der Waals surface area contributed by atoms with Crippen molar-refractivity contribution in [3.63, 3.8) is 0 Å². The lowest BCUT2D eigenvalue weighted by atomic mass is 10.2. The molecule has 1 unspecified atom stereocenters. The van der Waals surface area contributed by atoms with Crippen LogP contribution in [0.2, 0.25) is 4.34 Å². The summed E-state index contributed by atoms with van der Waals surface area (Å²) in [7, 11) is 0. The average molecular weight is 311 g/mol. The molecular weight excluding hydrogens is 292 g/mol. The molecular formula is C15H19ClN2OS. The molecule has 0 aliphatic carbocycles. The highest BCUT2D eigenvalue weighted by Gasteiger charge is 2.09. The Kier molecular flexibility index (Phi) is 4.78. The minimum atomic E-state index is 0.123. The molecule has 5 heteroatoms. The van der Waals surface area contributed by atoms with Crippen molar-refractivity contribution < 1.29 is 4.74 Å². The van der Waals surface area contributed by atoms with Crippen LogP contribution in [-0.4, -0.2) is 6.10 Å². The van der Waals surface area contributed by atoms with E-state index < -0.39 is 0 Å². The van der Waals surface area contributed by atoms with Crippen LogP contribution in [0, 0.1) is 0 Å². The van der Waals surface area contributed by atoms with Gasteiger partial charge in [0.25, 0.3) is 0 Å². The van der Waals surface area contributed by atoms with E-state index in [0.717, 1.165) is 15.8 Å². The standard InChI is InChI=1S/C15H19ClN2OS/c1-9(2)19-13-7-11(17)6-12(8-13)18-10(3)14-4-5-15(16)20-14/h4-10,18H,17H2,1-3H3. The number of rotatable bonds is 5. The molecule has 0 radical (unpaired) electrons. The van der Waals surface area contributed by atoms with E-state index in [2.05, 4.69) is 12.2 Å². The Bertz CT molecular complexity index is 583. The SMILES string of the molecule is CC(C)Oc1cc(N)cc(NC(C)c2ccc(Cl)s2)c1. The summed E-state index contributed by atoms with van der Waals surface area (Å²) >= 11 is 7.54. The molecule has 2 aromatic rings. The number of hydrogen-bond acceptors (Lipinski definition) is 4. The third-order valence-electron chi connectivity index (χ3n) is 2.70. The molecule has 0 aliphatic rings. The van der Waals surface area contributed by atoms with E-state index in [0.29, 0.717) is 5.69 Å². The predicted octanol–water partition coefficient (Wildman–Crippen LogP) is 4.94. The Balaban J connectivity index is 2.14. The average Bonchev–Trinajstić information content (AvgIpc) is 2.74. The van der Waals surface area contributed by atoms with Gasteiger partial charge in [-0.2, -0.15) is 0 Å². The van der Waals surface area contributed by atoms with E-state index in [9.17, 15) is 0 Å². The van der Waals surface area contributed by atoms with Crippen molar-refractivity contribution in [1.82, 2.24) is 0 Å². The molecule has 3 nitrogen and oxygen atoms in total. The molecule has 1 aromatic carbocycles. The summed E-state index contributed by atoms with van der Waals surface area (Å²) in [5, 5.41) is 3.42. The van der Waals surface area contributed by atoms with E-state index in [1.807, 2.05) is 44.2 Å². The van der Waals surface area contributed by atoms with Crippen LogP contribution < -0.4 is 15.8 Å². The molecule has 0 bridgehead atoms.